The molecule has 0 unspecified atom stereocenters. The molecule has 2 N–H and O–H groups in total. The summed E-state index contributed by atoms with van der Waals surface area (Å²) in [6.07, 6.45) is 1.18. The largest absolute Gasteiger partial charge is 0.462 e. The maximum atomic E-state index is 11.2. The summed E-state index contributed by atoms with van der Waals surface area (Å²) < 4.78 is 4.71. The van der Waals surface area contributed by atoms with Crippen molar-refractivity contribution in [3.8, 4) is 0 Å². The molecule has 0 bridgehead atoms. The Labute approximate surface area is 79.9 Å². The second kappa shape index (κ2) is 4.04. The zero-order valence-corrected chi connectivity index (χ0v) is 7.71. The SMILES string of the molecule is CCOC(=O)c1c(N)ncnc1Cl. The van der Waals surface area contributed by atoms with E-state index in [0.717, 1.165) is 0 Å². The van der Waals surface area contributed by atoms with E-state index in [-0.39, 0.29) is 23.1 Å². The molecule has 0 amide bonds. The molecule has 0 radical (unpaired) electrons. The Morgan fingerprint density at radius 2 is 2.38 bits per heavy atom. The van der Waals surface area contributed by atoms with Gasteiger partial charge in [0.2, 0.25) is 0 Å². The molecule has 0 spiro atoms. The Hall–Kier alpha value is -1.36. The molecule has 0 aliphatic rings. The molecule has 0 aliphatic heterocycles. The molecule has 70 valence electrons. The molecule has 0 fully saturated rings. The van der Waals surface area contributed by atoms with Gasteiger partial charge in [0.15, 0.2) is 0 Å². The van der Waals surface area contributed by atoms with Gasteiger partial charge in [0.1, 0.15) is 22.9 Å². The molecular formula is C7H8ClN3O2. The highest BCUT2D eigenvalue weighted by Gasteiger charge is 2.16. The van der Waals surface area contributed by atoms with Crippen LogP contribution in [0.15, 0.2) is 6.33 Å². The average molecular weight is 202 g/mol. The van der Waals surface area contributed by atoms with Crippen LogP contribution in [0.3, 0.4) is 0 Å². The fourth-order valence-electron chi connectivity index (χ4n) is 0.769. The number of halogens is 1. The minimum atomic E-state index is -0.606. The molecule has 0 atom stereocenters. The lowest BCUT2D eigenvalue weighted by Gasteiger charge is -2.04. The van der Waals surface area contributed by atoms with Crippen molar-refractivity contribution in [2.45, 2.75) is 6.92 Å². The van der Waals surface area contributed by atoms with Crippen LogP contribution in [0.2, 0.25) is 5.15 Å². The van der Waals surface area contributed by atoms with Gasteiger partial charge < -0.3 is 10.5 Å². The summed E-state index contributed by atoms with van der Waals surface area (Å²) in [4.78, 5) is 18.5. The van der Waals surface area contributed by atoms with Crippen molar-refractivity contribution < 1.29 is 9.53 Å². The number of nitrogens with zero attached hydrogens (tertiary/aromatic N) is 2. The number of esters is 1. The first-order chi connectivity index (χ1) is 6.16. The van der Waals surface area contributed by atoms with Gasteiger partial charge in [-0.25, -0.2) is 14.8 Å². The molecule has 5 nitrogen and oxygen atoms in total. The standard InChI is InChI=1S/C7H8ClN3O2/c1-2-13-7(12)4-5(8)10-3-11-6(4)9/h3H,2H2,1H3,(H2,9,10,11). The van der Waals surface area contributed by atoms with E-state index in [1.54, 1.807) is 6.92 Å². The lowest BCUT2D eigenvalue weighted by molar-refractivity contribution is 0.0527. The fourth-order valence-corrected chi connectivity index (χ4v) is 0.986. The highest BCUT2D eigenvalue weighted by atomic mass is 35.5. The second-order valence-corrected chi connectivity index (χ2v) is 2.50. The van der Waals surface area contributed by atoms with E-state index in [2.05, 4.69) is 9.97 Å². The minimum Gasteiger partial charge on any atom is -0.462 e. The third-order valence-electron chi connectivity index (χ3n) is 1.31. The third-order valence-corrected chi connectivity index (χ3v) is 1.60. The number of ether oxygens (including phenoxy) is 1. The van der Waals surface area contributed by atoms with Crippen molar-refractivity contribution in [3.05, 3.63) is 17.0 Å². The van der Waals surface area contributed by atoms with Crippen molar-refractivity contribution in [1.82, 2.24) is 9.97 Å². The summed E-state index contributed by atoms with van der Waals surface area (Å²) in [5, 5.41) is 0.00551. The van der Waals surface area contributed by atoms with Gasteiger partial charge in [0, 0.05) is 0 Å². The first-order valence-corrected chi connectivity index (χ1v) is 3.97. The van der Waals surface area contributed by atoms with Crippen molar-refractivity contribution >= 4 is 23.4 Å². The number of nitrogens with two attached hydrogens (primary N) is 1. The lowest BCUT2D eigenvalue weighted by atomic mass is 10.3. The van der Waals surface area contributed by atoms with E-state index < -0.39 is 5.97 Å². The van der Waals surface area contributed by atoms with Gasteiger partial charge in [-0.1, -0.05) is 11.6 Å². The predicted molar refractivity (Wildman–Crippen MR) is 47.4 cm³/mol. The van der Waals surface area contributed by atoms with Gasteiger partial charge in [-0.3, -0.25) is 0 Å². The number of carbonyl (C=O) groups excluding carboxylic acids is 1. The number of anilines is 1. The van der Waals surface area contributed by atoms with Crippen molar-refractivity contribution in [2.24, 2.45) is 0 Å². The summed E-state index contributed by atoms with van der Waals surface area (Å²) >= 11 is 5.63. The normalized spacial score (nSPS) is 9.69. The monoisotopic (exact) mass is 201 g/mol. The van der Waals surface area contributed by atoms with Gasteiger partial charge in [-0.2, -0.15) is 0 Å². The van der Waals surface area contributed by atoms with E-state index in [4.69, 9.17) is 22.1 Å². The fraction of sp³-hybridized carbons (Fsp3) is 0.286. The molecular weight excluding hydrogens is 194 g/mol. The van der Waals surface area contributed by atoms with Gasteiger partial charge in [0.25, 0.3) is 0 Å². The zero-order valence-electron chi connectivity index (χ0n) is 6.95. The first-order valence-electron chi connectivity index (χ1n) is 3.60. The van der Waals surface area contributed by atoms with Crippen LogP contribution in [0.1, 0.15) is 17.3 Å². The summed E-state index contributed by atoms with van der Waals surface area (Å²) in [6.45, 7) is 1.94. The molecule has 6 heteroatoms. The van der Waals surface area contributed by atoms with Crippen molar-refractivity contribution in [1.29, 1.82) is 0 Å². The summed E-state index contributed by atoms with van der Waals surface area (Å²) in [5.41, 5.74) is 5.44. The Bertz CT molecular complexity index is 309. The van der Waals surface area contributed by atoms with E-state index >= 15 is 0 Å². The second-order valence-electron chi connectivity index (χ2n) is 2.15. The molecule has 0 aliphatic carbocycles. The first kappa shape index (κ1) is 9.73. The molecule has 1 heterocycles. The Balaban J connectivity index is 3.05. The van der Waals surface area contributed by atoms with Crippen LogP contribution in [-0.2, 0) is 4.74 Å². The van der Waals surface area contributed by atoms with Crippen LogP contribution in [0, 0.1) is 0 Å². The van der Waals surface area contributed by atoms with Crippen LogP contribution < -0.4 is 5.73 Å². The lowest BCUT2D eigenvalue weighted by Crippen LogP contribution is -2.10. The van der Waals surface area contributed by atoms with Crippen LogP contribution in [0.4, 0.5) is 5.82 Å². The zero-order chi connectivity index (χ0) is 9.84. The summed E-state index contributed by atoms with van der Waals surface area (Å²) in [5.74, 6) is -0.580. The van der Waals surface area contributed by atoms with Gasteiger partial charge in [-0.15, -0.1) is 0 Å². The number of hydrogen-bond donors (Lipinski definition) is 1. The maximum absolute atomic E-state index is 11.2. The predicted octanol–water partition coefficient (Wildman–Crippen LogP) is 0.889. The average Bonchev–Trinajstić information content (AvgIpc) is 2.04. The van der Waals surface area contributed by atoms with Crippen LogP contribution in [-0.4, -0.2) is 22.5 Å². The smallest absolute Gasteiger partial charge is 0.345 e. The minimum absolute atomic E-state index is 0.00551. The number of aromatic nitrogens is 2. The van der Waals surface area contributed by atoms with Gasteiger partial charge >= 0.3 is 5.97 Å². The number of carbonyl (C=O) groups is 1. The number of nitrogen functional groups attached to an aromatic ring is 1. The quantitative estimate of drug-likeness (QED) is 0.568. The summed E-state index contributed by atoms with van der Waals surface area (Å²) in [7, 11) is 0. The summed E-state index contributed by atoms with van der Waals surface area (Å²) in [6, 6.07) is 0. The van der Waals surface area contributed by atoms with E-state index in [0.29, 0.717) is 0 Å². The Kier molecular flexibility index (Phi) is 3.02. The van der Waals surface area contributed by atoms with E-state index in [1.807, 2.05) is 0 Å². The molecule has 0 saturated carbocycles. The van der Waals surface area contributed by atoms with E-state index in [9.17, 15) is 4.79 Å². The molecule has 1 rings (SSSR count). The van der Waals surface area contributed by atoms with Gasteiger partial charge in [0.05, 0.1) is 6.61 Å². The van der Waals surface area contributed by atoms with Gasteiger partial charge in [-0.05, 0) is 6.92 Å². The van der Waals surface area contributed by atoms with Crippen molar-refractivity contribution in [3.63, 3.8) is 0 Å². The Morgan fingerprint density at radius 1 is 1.69 bits per heavy atom. The molecule has 0 saturated heterocycles. The molecule has 0 aromatic carbocycles. The highest BCUT2D eigenvalue weighted by Crippen LogP contribution is 2.17. The highest BCUT2D eigenvalue weighted by molar-refractivity contribution is 6.32. The van der Waals surface area contributed by atoms with E-state index in [1.165, 1.54) is 6.33 Å². The molecule has 1 aromatic heterocycles. The van der Waals surface area contributed by atoms with Crippen molar-refractivity contribution in [2.75, 3.05) is 12.3 Å². The number of hydrogen-bond acceptors (Lipinski definition) is 5. The van der Waals surface area contributed by atoms with Crippen LogP contribution in [0.25, 0.3) is 0 Å². The number of rotatable bonds is 2. The topological polar surface area (TPSA) is 78.1 Å². The van der Waals surface area contributed by atoms with Crippen LogP contribution >= 0.6 is 11.6 Å². The third kappa shape index (κ3) is 2.06. The van der Waals surface area contributed by atoms with Crippen LogP contribution in [0.5, 0.6) is 0 Å². The maximum Gasteiger partial charge on any atom is 0.345 e. The molecule has 13 heavy (non-hydrogen) atoms. The molecule has 1 aromatic rings. The Morgan fingerprint density at radius 3 is 2.92 bits per heavy atom.